The molecule has 184 valence electrons. The molecule has 6 rings (SSSR count). The normalized spacial score (nSPS) is 20.1. The number of hydrogen-bond donors (Lipinski definition) is 1. The van der Waals surface area contributed by atoms with E-state index in [1.165, 1.54) is 12.4 Å². The molecule has 2 aliphatic rings. The number of aromatic nitrogens is 2. The summed E-state index contributed by atoms with van der Waals surface area (Å²) < 4.78 is 5.97. The van der Waals surface area contributed by atoms with Crippen LogP contribution in [0.15, 0.2) is 67.0 Å². The molecule has 2 fully saturated rings. The van der Waals surface area contributed by atoms with Crippen LogP contribution in [0.1, 0.15) is 11.1 Å². The van der Waals surface area contributed by atoms with E-state index < -0.39 is 0 Å². The fourth-order valence-corrected chi connectivity index (χ4v) is 5.15. The molecule has 8 nitrogen and oxygen atoms in total. The van der Waals surface area contributed by atoms with Crippen molar-refractivity contribution >= 4 is 28.1 Å². The molecule has 1 aliphatic carbocycles. The summed E-state index contributed by atoms with van der Waals surface area (Å²) in [6, 6.07) is 18.5. The van der Waals surface area contributed by atoms with Crippen LogP contribution in [0.3, 0.4) is 0 Å². The molecule has 4 aromatic rings. The van der Waals surface area contributed by atoms with E-state index >= 15 is 0 Å². The van der Waals surface area contributed by atoms with E-state index in [4.69, 9.17) is 4.74 Å². The Morgan fingerprint density at radius 2 is 1.86 bits per heavy atom. The molecular formula is C29H25N5O3. The Morgan fingerprint density at radius 3 is 2.59 bits per heavy atom. The van der Waals surface area contributed by atoms with Crippen molar-refractivity contribution in [2.45, 2.75) is 6.92 Å². The maximum atomic E-state index is 11.9. The number of hydrogen-bond acceptors (Lipinski definition) is 7. The number of anilines is 2. The van der Waals surface area contributed by atoms with Gasteiger partial charge in [0, 0.05) is 36.1 Å². The van der Waals surface area contributed by atoms with Crippen molar-refractivity contribution in [1.29, 1.82) is 0 Å². The zero-order chi connectivity index (χ0) is 25.5. The summed E-state index contributed by atoms with van der Waals surface area (Å²) in [7, 11) is 2.12. The summed E-state index contributed by atoms with van der Waals surface area (Å²) in [5.74, 6) is 9.87. The molecule has 2 heterocycles. The first kappa shape index (κ1) is 23.0. The molecule has 1 aliphatic heterocycles. The molecule has 8 heteroatoms. The van der Waals surface area contributed by atoms with E-state index in [1.807, 2.05) is 55.5 Å². The molecule has 1 aromatic heterocycles. The smallest absolute Gasteiger partial charge is 0.285 e. The van der Waals surface area contributed by atoms with Gasteiger partial charge in [-0.15, -0.1) is 0 Å². The third-order valence-electron chi connectivity index (χ3n) is 7.11. The predicted molar refractivity (Wildman–Crippen MR) is 142 cm³/mol. The molecule has 0 spiro atoms. The van der Waals surface area contributed by atoms with Gasteiger partial charge in [-0.2, -0.15) is 0 Å². The minimum atomic E-state index is -0.387. The Kier molecular flexibility index (Phi) is 5.70. The van der Waals surface area contributed by atoms with Crippen LogP contribution < -0.4 is 10.1 Å². The summed E-state index contributed by atoms with van der Waals surface area (Å²) in [6.45, 7) is 4.05. The van der Waals surface area contributed by atoms with Gasteiger partial charge >= 0.3 is 0 Å². The minimum Gasteiger partial charge on any atom is -0.457 e. The number of para-hydroxylation sites is 1. The van der Waals surface area contributed by atoms with Crippen LogP contribution in [0.4, 0.5) is 17.2 Å². The lowest BCUT2D eigenvalue weighted by Gasteiger charge is -2.12. The van der Waals surface area contributed by atoms with Crippen molar-refractivity contribution in [3.8, 4) is 23.3 Å². The number of likely N-dealkylation sites (tertiary alicyclic amines) is 1. The maximum Gasteiger partial charge on any atom is 0.285 e. The monoisotopic (exact) mass is 491 g/mol. The Balaban J connectivity index is 1.27. The quantitative estimate of drug-likeness (QED) is 0.222. The zero-order valence-corrected chi connectivity index (χ0v) is 20.5. The van der Waals surface area contributed by atoms with Gasteiger partial charge in [-0.05, 0) is 67.8 Å². The van der Waals surface area contributed by atoms with E-state index in [0.717, 1.165) is 35.8 Å². The molecule has 1 unspecified atom stereocenters. The number of nitrogens with zero attached hydrogens (tertiary/aromatic N) is 4. The first-order valence-electron chi connectivity index (χ1n) is 12.2. The Hall–Kier alpha value is -4.48. The number of fused-ring (bicyclic) bond motifs is 2. The summed E-state index contributed by atoms with van der Waals surface area (Å²) >= 11 is 0. The number of benzene rings is 3. The second kappa shape index (κ2) is 9.19. The van der Waals surface area contributed by atoms with E-state index in [9.17, 15) is 10.1 Å². The summed E-state index contributed by atoms with van der Waals surface area (Å²) in [5.41, 5.74) is 2.67. The largest absolute Gasteiger partial charge is 0.457 e. The SMILES string of the molecule is Cc1cc(Nc2ncnc3cc(C#CC4[C@H]5CN(C)C[C@@H]45)c([N+](=O)[O-])cc23)ccc1Oc1ccccc1. The predicted octanol–water partition coefficient (Wildman–Crippen LogP) is 5.54. The number of nitrogens with one attached hydrogen (secondary N) is 1. The Labute approximate surface area is 214 Å². The molecule has 3 aromatic carbocycles. The standard InChI is InChI=1S/C29H25N5O3/c1-18-12-20(9-11-28(18)37-21-6-4-3-5-7-21)32-29-23-14-27(34(35)36)19(13-26(23)30-17-31-29)8-10-22-24-15-33(2)16-25(22)24/h3-7,9,11-14,17,22,24-25H,15-16H2,1-2H3,(H,30,31,32)/t22?,24-,25+. The van der Waals surface area contributed by atoms with Crippen LogP contribution in [-0.4, -0.2) is 39.9 Å². The van der Waals surface area contributed by atoms with Crippen molar-refractivity contribution in [3.63, 3.8) is 0 Å². The number of ether oxygens (including phenoxy) is 1. The van der Waals surface area contributed by atoms with Crippen LogP contribution in [-0.2, 0) is 0 Å². The second-order valence-corrected chi connectivity index (χ2v) is 9.73. The molecule has 0 bridgehead atoms. The highest BCUT2D eigenvalue weighted by Gasteiger charge is 2.54. The second-order valence-electron chi connectivity index (χ2n) is 9.73. The van der Waals surface area contributed by atoms with Gasteiger partial charge in [0.15, 0.2) is 0 Å². The molecule has 0 amide bonds. The van der Waals surface area contributed by atoms with Gasteiger partial charge in [-0.3, -0.25) is 10.1 Å². The maximum absolute atomic E-state index is 11.9. The lowest BCUT2D eigenvalue weighted by Crippen LogP contribution is -2.18. The fraction of sp³-hybridized carbons (Fsp3) is 0.241. The summed E-state index contributed by atoms with van der Waals surface area (Å²) in [4.78, 5) is 22.6. The fourth-order valence-electron chi connectivity index (χ4n) is 5.15. The van der Waals surface area contributed by atoms with Crippen LogP contribution in [0.25, 0.3) is 10.9 Å². The number of piperidine rings is 1. The van der Waals surface area contributed by atoms with Gasteiger partial charge in [-0.25, -0.2) is 9.97 Å². The third-order valence-corrected chi connectivity index (χ3v) is 7.11. The number of rotatable bonds is 5. The lowest BCUT2D eigenvalue weighted by molar-refractivity contribution is -0.385. The molecule has 1 saturated carbocycles. The van der Waals surface area contributed by atoms with Gasteiger partial charge in [0.25, 0.3) is 5.69 Å². The molecular weight excluding hydrogens is 466 g/mol. The summed E-state index contributed by atoms with van der Waals surface area (Å²) in [6.07, 6.45) is 1.45. The van der Waals surface area contributed by atoms with Crippen LogP contribution >= 0.6 is 0 Å². The van der Waals surface area contributed by atoms with Crippen molar-refractivity contribution in [2.24, 2.45) is 17.8 Å². The molecule has 1 N–H and O–H groups in total. The lowest BCUT2D eigenvalue weighted by atomic mass is 10.1. The molecule has 0 radical (unpaired) electrons. The Morgan fingerprint density at radius 1 is 1.08 bits per heavy atom. The first-order valence-corrected chi connectivity index (χ1v) is 12.2. The average molecular weight is 492 g/mol. The van der Waals surface area contributed by atoms with E-state index in [2.05, 4.69) is 39.1 Å². The van der Waals surface area contributed by atoms with E-state index in [0.29, 0.717) is 40.0 Å². The van der Waals surface area contributed by atoms with Crippen molar-refractivity contribution in [1.82, 2.24) is 14.9 Å². The number of nitro benzene ring substituents is 1. The first-order chi connectivity index (χ1) is 18.0. The van der Waals surface area contributed by atoms with Gasteiger partial charge in [0.05, 0.1) is 10.4 Å². The van der Waals surface area contributed by atoms with E-state index in [1.54, 1.807) is 6.07 Å². The highest BCUT2D eigenvalue weighted by molar-refractivity contribution is 5.93. The topological polar surface area (TPSA) is 93.4 Å². The number of nitro groups is 1. The van der Waals surface area contributed by atoms with Crippen molar-refractivity contribution in [2.75, 3.05) is 25.5 Å². The molecule has 37 heavy (non-hydrogen) atoms. The minimum absolute atomic E-state index is 0.0384. The van der Waals surface area contributed by atoms with Gasteiger partial charge in [0.1, 0.15) is 29.2 Å². The van der Waals surface area contributed by atoms with E-state index in [-0.39, 0.29) is 10.6 Å². The van der Waals surface area contributed by atoms with Gasteiger partial charge in [0.2, 0.25) is 0 Å². The van der Waals surface area contributed by atoms with Crippen molar-refractivity contribution in [3.05, 3.63) is 88.2 Å². The number of aryl methyl sites for hydroxylation is 1. The van der Waals surface area contributed by atoms with Gasteiger partial charge in [-0.1, -0.05) is 30.0 Å². The van der Waals surface area contributed by atoms with Crippen molar-refractivity contribution < 1.29 is 9.66 Å². The van der Waals surface area contributed by atoms with Gasteiger partial charge < -0.3 is 15.0 Å². The molecule has 1 saturated heterocycles. The molecule has 3 atom stereocenters. The highest BCUT2D eigenvalue weighted by atomic mass is 16.6. The van der Waals surface area contributed by atoms with Crippen LogP contribution in [0.2, 0.25) is 0 Å². The van der Waals surface area contributed by atoms with Crippen LogP contribution in [0.5, 0.6) is 11.5 Å². The zero-order valence-electron chi connectivity index (χ0n) is 20.5. The van der Waals surface area contributed by atoms with Crippen LogP contribution in [0, 0.1) is 46.6 Å². The summed E-state index contributed by atoms with van der Waals surface area (Å²) in [5, 5.41) is 15.8. The highest BCUT2D eigenvalue weighted by Crippen LogP contribution is 2.50. The Bertz CT molecular complexity index is 1570. The average Bonchev–Trinajstić information content (AvgIpc) is 3.36. The third kappa shape index (κ3) is 4.57.